The molecular formula is C13H22N2O3S. The molecule has 5 nitrogen and oxygen atoms in total. The van der Waals surface area contributed by atoms with Crippen LogP contribution in [0.3, 0.4) is 0 Å². The number of ether oxygens (including phenoxy) is 1. The molecule has 2 rings (SSSR count). The predicted molar refractivity (Wildman–Crippen MR) is 75.2 cm³/mol. The molecule has 2 saturated heterocycles. The maximum atomic E-state index is 12.3. The fourth-order valence-electron chi connectivity index (χ4n) is 2.53. The van der Waals surface area contributed by atoms with Gasteiger partial charge in [-0.2, -0.15) is 11.8 Å². The first-order chi connectivity index (χ1) is 9.22. The highest BCUT2D eigenvalue weighted by Gasteiger charge is 2.30. The summed E-state index contributed by atoms with van der Waals surface area (Å²) in [6.45, 7) is 4.66. The molecule has 0 atom stereocenters. The fourth-order valence-corrected chi connectivity index (χ4v) is 3.63. The highest BCUT2D eigenvalue weighted by Crippen LogP contribution is 2.24. The van der Waals surface area contributed by atoms with E-state index in [-0.39, 0.29) is 17.9 Å². The molecule has 0 N–H and O–H groups in total. The van der Waals surface area contributed by atoms with E-state index in [9.17, 15) is 9.59 Å². The van der Waals surface area contributed by atoms with E-state index in [1.54, 1.807) is 11.8 Å². The van der Waals surface area contributed by atoms with Gasteiger partial charge in [-0.05, 0) is 31.3 Å². The molecule has 108 valence electrons. The maximum absolute atomic E-state index is 12.3. The molecule has 0 aliphatic carbocycles. The number of thioether (sulfide) groups is 1. The summed E-state index contributed by atoms with van der Waals surface area (Å²) >= 11 is 1.93. The molecule has 2 heterocycles. The number of carbonyl (C=O) groups excluding carboxylic acids is 2. The van der Waals surface area contributed by atoms with Crippen LogP contribution in [0.4, 0.5) is 4.79 Å². The van der Waals surface area contributed by atoms with E-state index >= 15 is 0 Å². The molecular weight excluding hydrogens is 264 g/mol. The van der Waals surface area contributed by atoms with Crippen molar-refractivity contribution in [2.45, 2.75) is 19.8 Å². The van der Waals surface area contributed by atoms with Gasteiger partial charge >= 0.3 is 6.09 Å². The number of nitrogens with zero attached hydrogens (tertiary/aromatic N) is 2. The van der Waals surface area contributed by atoms with E-state index < -0.39 is 0 Å². The van der Waals surface area contributed by atoms with Crippen LogP contribution in [0.1, 0.15) is 19.8 Å². The molecule has 0 bridgehead atoms. The van der Waals surface area contributed by atoms with E-state index in [1.165, 1.54) is 0 Å². The Labute approximate surface area is 118 Å². The minimum absolute atomic E-state index is 0.204. The Morgan fingerprint density at radius 2 is 1.68 bits per heavy atom. The molecule has 0 radical (unpaired) electrons. The lowest BCUT2D eigenvalue weighted by atomic mass is 10.0. The van der Waals surface area contributed by atoms with Gasteiger partial charge < -0.3 is 14.5 Å². The van der Waals surface area contributed by atoms with Gasteiger partial charge in [-0.3, -0.25) is 4.79 Å². The van der Waals surface area contributed by atoms with Crippen molar-refractivity contribution >= 4 is 23.8 Å². The second-order valence-corrected chi connectivity index (χ2v) is 6.12. The van der Waals surface area contributed by atoms with Crippen LogP contribution in [0.2, 0.25) is 0 Å². The minimum Gasteiger partial charge on any atom is -0.450 e. The second kappa shape index (κ2) is 7.03. The number of hydrogen-bond donors (Lipinski definition) is 0. The van der Waals surface area contributed by atoms with Gasteiger partial charge in [0.05, 0.1) is 6.61 Å². The van der Waals surface area contributed by atoms with Gasteiger partial charge in [0.15, 0.2) is 0 Å². The van der Waals surface area contributed by atoms with E-state index in [1.807, 2.05) is 16.7 Å². The van der Waals surface area contributed by atoms with Gasteiger partial charge in [0, 0.05) is 32.1 Å². The SMILES string of the molecule is CCOC(=O)N1CCN(C(=O)C2CCSCC2)CC1. The third-order valence-corrected chi connectivity index (χ3v) is 4.74. The lowest BCUT2D eigenvalue weighted by Crippen LogP contribution is -2.52. The van der Waals surface area contributed by atoms with E-state index in [0.29, 0.717) is 32.8 Å². The fraction of sp³-hybridized carbons (Fsp3) is 0.846. The van der Waals surface area contributed by atoms with Crippen LogP contribution < -0.4 is 0 Å². The second-order valence-electron chi connectivity index (χ2n) is 4.90. The smallest absolute Gasteiger partial charge is 0.409 e. The number of hydrogen-bond acceptors (Lipinski definition) is 4. The molecule has 2 aliphatic rings. The Balaban J connectivity index is 1.79. The van der Waals surface area contributed by atoms with Crippen LogP contribution in [-0.2, 0) is 9.53 Å². The molecule has 19 heavy (non-hydrogen) atoms. The highest BCUT2D eigenvalue weighted by molar-refractivity contribution is 7.99. The summed E-state index contributed by atoms with van der Waals surface area (Å²) in [6.07, 6.45) is 1.74. The first-order valence-electron chi connectivity index (χ1n) is 7.00. The Hall–Kier alpha value is -0.910. The third kappa shape index (κ3) is 3.78. The largest absolute Gasteiger partial charge is 0.450 e. The van der Waals surface area contributed by atoms with Crippen molar-refractivity contribution in [1.29, 1.82) is 0 Å². The summed E-state index contributed by atoms with van der Waals surface area (Å²) in [5.41, 5.74) is 0. The summed E-state index contributed by atoms with van der Waals surface area (Å²) in [6, 6.07) is 0. The summed E-state index contributed by atoms with van der Waals surface area (Å²) in [7, 11) is 0. The van der Waals surface area contributed by atoms with Gasteiger partial charge in [0.25, 0.3) is 0 Å². The monoisotopic (exact) mass is 286 g/mol. The van der Waals surface area contributed by atoms with Crippen LogP contribution in [0, 0.1) is 5.92 Å². The van der Waals surface area contributed by atoms with Crippen molar-refractivity contribution in [2.75, 3.05) is 44.3 Å². The third-order valence-electron chi connectivity index (χ3n) is 3.69. The average Bonchev–Trinajstić information content (AvgIpc) is 2.48. The van der Waals surface area contributed by atoms with Crippen LogP contribution >= 0.6 is 11.8 Å². The van der Waals surface area contributed by atoms with Crippen LogP contribution in [-0.4, -0.2) is 66.1 Å². The topological polar surface area (TPSA) is 49.9 Å². The van der Waals surface area contributed by atoms with Gasteiger partial charge in [0.2, 0.25) is 5.91 Å². The zero-order valence-corrected chi connectivity index (χ0v) is 12.3. The van der Waals surface area contributed by atoms with E-state index in [2.05, 4.69) is 0 Å². The van der Waals surface area contributed by atoms with Crippen LogP contribution in [0.15, 0.2) is 0 Å². The number of amides is 2. The highest BCUT2D eigenvalue weighted by atomic mass is 32.2. The summed E-state index contributed by atoms with van der Waals surface area (Å²) in [5, 5.41) is 0. The number of rotatable bonds is 2. The molecule has 6 heteroatoms. The van der Waals surface area contributed by atoms with E-state index in [4.69, 9.17) is 4.74 Å². The first-order valence-corrected chi connectivity index (χ1v) is 8.16. The van der Waals surface area contributed by atoms with Crippen molar-refractivity contribution in [3.63, 3.8) is 0 Å². The number of piperazine rings is 1. The summed E-state index contributed by atoms with van der Waals surface area (Å²) < 4.78 is 4.97. The Morgan fingerprint density at radius 3 is 2.26 bits per heavy atom. The first kappa shape index (κ1) is 14.5. The molecule has 0 aromatic heterocycles. The van der Waals surface area contributed by atoms with Crippen molar-refractivity contribution in [2.24, 2.45) is 5.92 Å². The van der Waals surface area contributed by atoms with Crippen LogP contribution in [0.5, 0.6) is 0 Å². The molecule has 2 aliphatic heterocycles. The minimum atomic E-state index is -0.260. The van der Waals surface area contributed by atoms with Crippen molar-refractivity contribution in [1.82, 2.24) is 9.80 Å². The Kier molecular flexibility index (Phi) is 5.36. The Bertz CT molecular complexity index is 324. The zero-order chi connectivity index (χ0) is 13.7. The van der Waals surface area contributed by atoms with Crippen molar-refractivity contribution < 1.29 is 14.3 Å². The maximum Gasteiger partial charge on any atom is 0.409 e. The normalized spacial score (nSPS) is 21.3. The molecule has 2 amide bonds. The molecule has 0 aromatic rings. The summed E-state index contributed by atoms with van der Waals surface area (Å²) in [5.74, 6) is 2.68. The van der Waals surface area contributed by atoms with E-state index in [0.717, 1.165) is 24.3 Å². The quantitative estimate of drug-likeness (QED) is 0.770. The molecule has 0 aromatic carbocycles. The lowest BCUT2D eigenvalue weighted by molar-refractivity contribution is -0.137. The molecule has 0 saturated carbocycles. The summed E-state index contributed by atoms with van der Waals surface area (Å²) in [4.78, 5) is 27.5. The molecule has 2 fully saturated rings. The van der Waals surface area contributed by atoms with Gasteiger partial charge in [-0.15, -0.1) is 0 Å². The lowest BCUT2D eigenvalue weighted by Gasteiger charge is -2.36. The average molecular weight is 286 g/mol. The van der Waals surface area contributed by atoms with Crippen LogP contribution in [0.25, 0.3) is 0 Å². The molecule has 0 unspecified atom stereocenters. The van der Waals surface area contributed by atoms with Crippen molar-refractivity contribution in [3.8, 4) is 0 Å². The predicted octanol–water partition coefficient (Wildman–Crippen LogP) is 1.43. The van der Waals surface area contributed by atoms with Gasteiger partial charge in [-0.1, -0.05) is 0 Å². The zero-order valence-electron chi connectivity index (χ0n) is 11.5. The van der Waals surface area contributed by atoms with Crippen molar-refractivity contribution in [3.05, 3.63) is 0 Å². The number of carbonyl (C=O) groups is 2. The molecule has 0 spiro atoms. The Morgan fingerprint density at radius 1 is 1.11 bits per heavy atom. The standard InChI is InChI=1S/C13H22N2O3S/c1-2-18-13(17)15-7-5-14(6-8-15)12(16)11-3-9-19-10-4-11/h11H,2-10H2,1H3. The van der Waals surface area contributed by atoms with Gasteiger partial charge in [0.1, 0.15) is 0 Å². The van der Waals surface area contributed by atoms with Gasteiger partial charge in [-0.25, -0.2) is 4.79 Å².